The van der Waals surface area contributed by atoms with Gasteiger partial charge in [0.1, 0.15) is 11.5 Å². The van der Waals surface area contributed by atoms with Crippen LogP contribution in [0.2, 0.25) is 0 Å². The monoisotopic (exact) mass is 270 g/mol. The molecule has 18 heavy (non-hydrogen) atoms. The van der Waals surface area contributed by atoms with E-state index in [1.807, 2.05) is 13.8 Å². The van der Waals surface area contributed by atoms with Crippen LogP contribution in [-0.4, -0.2) is 24.9 Å². The Morgan fingerprint density at radius 3 is 2.67 bits per heavy atom. The van der Waals surface area contributed by atoms with Crippen LogP contribution in [0.5, 0.6) is 11.5 Å². The number of ether oxygens (including phenoxy) is 2. The molecular weight excluding hydrogens is 252 g/mol. The summed E-state index contributed by atoms with van der Waals surface area (Å²) in [6.07, 6.45) is 1.16. The van der Waals surface area contributed by atoms with Crippen molar-refractivity contribution in [2.45, 2.75) is 32.8 Å². The zero-order valence-corrected chi connectivity index (χ0v) is 11.8. The van der Waals surface area contributed by atoms with Crippen LogP contribution in [0.4, 0.5) is 0 Å². The third-order valence-electron chi connectivity index (χ3n) is 2.38. The van der Waals surface area contributed by atoms with Crippen molar-refractivity contribution < 1.29 is 14.3 Å². The van der Waals surface area contributed by atoms with E-state index >= 15 is 0 Å². The van der Waals surface area contributed by atoms with E-state index in [4.69, 9.17) is 21.1 Å². The number of rotatable bonds is 7. The maximum Gasteiger partial charge on any atom is 0.166 e. The fourth-order valence-corrected chi connectivity index (χ4v) is 1.75. The summed E-state index contributed by atoms with van der Waals surface area (Å²) in [5.74, 6) is 1.77. The van der Waals surface area contributed by atoms with Gasteiger partial charge in [-0.05, 0) is 38.5 Å². The Morgan fingerprint density at radius 1 is 1.39 bits per heavy atom. The molecule has 0 spiro atoms. The SMILES string of the molecule is COc1ccc(OC(C)C)cc1C(=O)CCCCl. The van der Waals surface area contributed by atoms with E-state index in [-0.39, 0.29) is 11.9 Å². The van der Waals surface area contributed by atoms with Crippen molar-refractivity contribution in [3.63, 3.8) is 0 Å². The fraction of sp³-hybridized carbons (Fsp3) is 0.500. The average Bonchev–Trinajstić information content (AvgIpc) is 2.35. The predicted molar refractivity (Wildman–Crippen MR) is 73.0 cm³/mol. The van der Waals surface area contributed by atoms with Gasteiger partial charge in [0.25, 0.3) is 0 Å². The molecule has 3 nitrogen and oxygen atoms in total. The summed E-state index contributed by atoms with van der Waals surface area (Å²) in [4.78, 5) is 12.0. The van der Waals surface area contributed by atoms with Crippen LogP contribution in [0, 0.1) is 0 Å². The van der Waals surface area contributed by atoms with Crippen LogP contribution in [0.3, 0.4) is 0 Å². The van der Waals surface area contributed by atoms with Crippen LogP contribution in [0.15, 0.2) is 18.2 Å². The first-order chi connectivity index (χ1) is 8.58. The third kappa shape index (κ3) is 4.22. The quantitative estimate of drug-likeness (QED) is 0.560. The molecule has 0 aliphatic rings. The van der Waals surface area contributed by atoms with Crippen molar-refractivity contribution in [3.8, 4) is 11.5 Å². The Kier molecular flexibility index (Phi) is 5.99. The minimum Gasteiger partial charge on any atom is -0.496 e. The van der Waals surface area contributed by atoms with Crippen molar-refractivity contribution in [1.82, 2.24) is 0 Å². The molecule has 100 valence electrons. The highest BCUT2D eigenvalue weighted by atomic mass is 35.5. The fourth-order valence-electron chi connectivity index (χ4n) is 1.61. The lowest BCUT2D eigenvalue weighted by atomic mass is 10.1. The maximum absolute atomic E-state index is 12.0. The Bertz CT molecular complexity index is 402. The molecule has 0 radical (unpaired) electrons. The van der Waals surface area contributed by atoms with Gasteiger partial charge in [0.05, 0.1) is 18.8 Å². The van der Waals surface area contributed by atoms with E-state index in [1.54, 1.807) is 25.3 Å². The van der Waals surface area contributed by atoms with Crippen LogP contribution >= 0.6 is 11.6 Å². The number of alkyl halides is 1. The molecule has 0 heterocycles. The molecular formula is C14H19ClO3. The Balaban J connectivity index is 2.94. The first-order valence-electron chi connectivity index (χ1n) is 6.02. The highest BCUT2D eigenvalue weighted by Crippen LogP contribution is 2.26. The topological polar surface area (TPSA) is 35.5 Å². The minimum absolute atomic E-state index is 0.0294. The van der Waals surface area contributed by atoms with Crippen LogP contribution in [0.25, 0.3) is 0 Å². The second-order valence-corrected chi connectivity index (χ2v) is 4.62. The van der Waals surface area contributed by atoms with Gasteiger partial charge >= 0.3 is 0 Å². The first kappa shape index (κ1) is 14.8. The van der Waals surface area contributed by atoms with Gasteiger partial charge in [0.15, 0.2) is 5.78 Å². The Labute approximate surface area is 113 Å². The van der Waals surface area contributed by atoms with Crippen molar-refractivity contribution in [2.24, 2.45) is 0 Å². The molecule has 4 heteroatoms. The summed E-state index contributed by atoms with van der Waals surface area (Å²) in [5, 5.41) is 0. The molecule has 0 unspecified atom stereocenters. The highest BCUT2D eigenvalue weighted by Gasteiger charge is 2.13. The number of ketones is 1. The van der Waals surface area contributed by atoms with E-state index in [9.17, 15) is 4.79 Å². The second-order valence-electron chi connectivity index (χ2n) is 4.24. The standard InChI is InChI=1S/C14H19ClO3/c1-10(2)18-11-6-7-14(17-3)12(9-11)13(16)5-4-8-15/h6-7,9-10H,4-5,8H2,1-3H3. The van der Waals surface area contributed by atoms with Crippen LogP contribution < -0.4 is 9.47 Å². The van der Waals surface area contributed by atoms with Crippen LogP contribution in [-0.2, 0) is 0 Å². The van der Waals surface area contributed by atoms with E-state index in [0.717, 1.165) is 0 Å². The molecule has 1 aromatic rings. The lowest BCUT2D eigenvalue weighted by Crippen LogP contribution is -2.08. The number of carbonyl (C=O) groups excluding carboxylic acids is 1. The summed E-state index contributed by atoms with van der Waals surface area (Å²) in [7, 11) is 1.55. The number of carbonyl (C=O) groups is 1. The summed E-state index contributed by atoms with van der Waals surface area (Å²) in [6, 6.07) is 5.29. The average molecular weight is 271 g/mol. The summed E-state index contributed by atoms with van der Waals surface area (Å²) in [6.45, 7) is 3.89. The first-order valence-corrected chi connectivity index (χ1v) is 6.55. The Morgan fingerprint density at radius 2 is 2.11 bits per heavy atom. The minimum atomic E-state index is 0.0294. The van der Waals surface area contributed by atoms with E-state index < -0.39 is 0 Å². The number of hydrogen-bond acceptors (Lipinski definition) is 3. The van der Waals surface area contributed by atoms with Gasteiger partial charge in [-0.25, -0.2) is 0 Å². The summed E-state index contributed by atoms with van der Waals surface area (Å²) < 4.78 is 10.8. The lowest BCUT2D eigenvalue weighted by molar-refractivity contribution is 0.0978. The number of halogens is 1. The molecule has 1 rings (SSSR count). The third-order valence-corrected chi connectivity index (χ3v) is 2.65. The van der Waals surface area contributed by atoms with Gasteiger partial charge in [-0.1, -0.05) is 0 Å². The van der Waals surface area contributed by atoms with Gasteiger partial charge in [0, 0.05) is 12.3 Å². The van der Waals surface area contributed by atoms with E-state index in [0.29, 0.717) is 35.8 Å². The molecule has 0 aliphatic heterocycles. The number of hydrogen-bond donors (Lipinski definition) is 0. The number of Topliss-reactive ketones (excluding diaryl/α,β-unsaturated/α-hetero) is 1. The van der Waals surface area contributed by atoms with Crippen LogP contribution in [0.1, 0.15) is 37.0 Å². The van der Waals surface area contributed by atoms with Gasteiger partial charge in [-0.3, -0.25) is 4.79 Å². The van der Waals surface area contributed by atoms with Crippen molar-refractivity contribution in [2.75, 3.05) is 13.0 Å². The Hall–Kier alpha value is -1.22. The zero-order valence-electron chi connectivity index (χ0n) is 11.0. The van der Waals surface area contributed by atoms with Crippen molar-refractivity contribution in [3.05, 3.63) is 23.8 Å². The maximum atomic E-state index is 12.0. The van der Waals surface area contributed by atoms with E-state index in [1.165, 1.54) is 0 Å². The van der Waals surface area contributed by atoms with Gasteiger partial charge in [-0.15, -0.1) is 11.6 Å². The molecule has 0 bridgehead atoms. The molecule has 1 aromatic carbocycles. The summed E-state index contributed by atoms with van der Waals surface area (Å²) in [5.41, 5.74) is 0.556. The molecule has 0 saturated heterocycles. The molecule has 0 aromatic heterocycles. The largest absolute Gasteiger partial charge is 0.496 e. The lowest BCUT2D eigenvalue weighted by Gasteiger charge is -2.13. The summed E-state index contributed by atoms with van der Waals surface area (Å²) >= 11 is 5.60. The molecule has 0 fully saturated rings. The zero-order chi connectivity index (χ0) is 13.5. The molecule has 0 aliphatic carbocycles. The smallest absolute Gasteiger partial charge is 0.166 e. The normalized spacial score (nSPS) is 10.5. The second kappa shape index (κ2) is 7.27. The van der Waals surface area contributed by atoms with E-state index in [2.05, 4.69) is 0 Å². The van der Waals surface area contributed by atoms with Crippen molar-refractivity contribution in [1.29, 1.82) is 0 Å². The molecule has 0 saturated carbocycles. The highest BCUT2D eigenvalue weighted by molar-refractivity contribution is 6.18. The van der Waals surface area contributed by atoms with Gasteiger partial charge in [0.2, 0.25) is 0 Å². The molecule has 0 amide bonds. The van der Waals surface area contributed by atoms with Gasteiger partial charge < -0.3 is 9.47 Å². The number of benzene rings is 1. The molecule has 0 atom stereocenters. The molecule has 0 N–H and O–H groups in total. The predicted octanol–water partition coefficient (Wildman–Crippen LogP) is 3.68. The van der Waals surface area contributed by atoms with Crippen molar-refractivity contribution >= 4 is 17.4 Å². The number of methoxy groups -OCH3 is 1. The van der Waals surface area contributed by atoms with Gasteiger partial charge in [-0.2, -0.15) is 0 Å².